The van der Waals surface area contributed by atoms with Gasteiger partial charge in [0.15, 0.2) is 0 Å². The first-order valence-electron chi connectivity index (χ1n) is 5.76. The van der Waals surface area contributed by atoms with Crippen molar-refractivity contribution in [2.45, 2.75) is 11.8 Å². The Morgan fingerprint density at radius 3 is 2.53 bits per heavy atom. The molecule has 1 unspecified atom stereocenters. The molecule has 1 nitrogen and oxygen atoms in total. The molecule has 0 aliphatic carbocycles. The normalized spacial score (nSPS) is 12.3. The highest BCUT2D eigenvalue weighted by Crippen LogP contribution is 2.40. The zero-order valence-corrected chi connectivity index (χ0v) is 12.9. The Bertz CT molecular complexity index is 601. The monoisotopic (exact) mass is 342 g/mol. The van der Waals surface area contributed by atoms with Crippen molar-refractivity contribution in [2.24, 2.45) is 0 Å². The second-order valence-electron chi connectivity index (χ2n) is 4.27. The number of hydrogen-bond donors (Lipinski definition) is 0. The molecule has 2 aromatic rings. The van der Waals surface area contributed by atoms with Crippen molar-refractivity contribution < 1.29 is 9.13 Å². The summed E-state index contributed by atoms with van der Waals surface area (Å²) in [6.07, 6.45) is 0. The Labute approximate surface area is 125 Å². The summed E-state index contributed by atoms with van der Waals surface area (Å²) in [4.78, 5) is -0.143. The van der Waals surface area contributed by atoms with E-state index in [1.807, 2.05) is 25.1 Å². The highest BCUT2D eigenvalue weighted by molar-refractivity contribution is 9.09. The van der Waals surface area contributed by atoms with Crippen LogP contribution in [0, 0.1) is 12.7 Å². The summed E-state index contributed by atoms with van der Waals surface area (Å²) in [5, 5.41) is 0.394. The van der Waals surface area contributed by atoms with Gasteiger partial charge in [-0.25, -0.2) is 4.39 Å². The Morgan fingerprint density at radius 2 is 1.89 bits per heavy atom. The molecule has 2 aromatic carbocycles. The quantitative estimate of drug-likeness (QED) is 0.689. The first-order valence-corrected chi connectivity index (χ1v) is 7.06. The summed E-state index contributed by atoms with van der Waals surface area (Å²) < 4.78 is 18.5. The van der Waals surface area contributed by atoms with Gasteiger partial charge in [0, 0.05) is 10.6 Å². The molecule has 0 bridgehead atoms. The van der Waals surface area contributed by atoms with Gasteiger partial charge in [-0.1, -0.05) is 51.3 Å². The lowest BCUT2D eigenvalue weighted by molar-refractivity contribution is 0.410. The molecule has 0 amide bonds. The van der Waals surface area contributed by atoms with Crippen LogP contribution >= 0.6 is 27.5 Å². The first-order chi connectivity index (χ1) is 9.02. The zero-order valence-electron chi connectivity index (χ0n) is 10.6. The number of ether oxygens (including phenoxy) is 1. The Balaban J connectivity index is 2.49. The van der Waals surface area contributed by atoms with Crippen LogP contribution in [0.4, 0.5) is 4.39 Å². The molecule has 0 aliphatic heterocycles. The summed E-state index contributed by atoms with van der Waals surface area (Å²) >= 11 is 9.71. The minimum Gasteiger partial charge on any atom is -0.496 e. The molecule has 1 atom stereocenters. The molecule has 0 saturated heterocycles. The van der Waals surface area contributed by atoms with Crippen molar-refractivity contribution in [2.75, 3.05) is 7.11 Å². The minimum absolute atomic E-state index is 0.143. The zero-order chi connectivity index (χ0) is 14.0. The van der Waals surface area contributed by atoms with E-state index < -0.39 is 0 Å². The molecule has 0 heterocycles. The SMILES string of the molecule is COc1ccc(C)cc1C(Br)c1ccc(F)cc1Cl. The van der Waals surface area contributed by atoms with Gasteiger partial charge in [0.05, 0.1) is 11.9 Å². The van der Waals surface area contributed by atoms with Gasteiger partial charge in [-0.15, -0.1) is 0 Å². The smallest absolute Gasteiger partial charge is 0.124 e. The number of methoxy groups -OCH3 is 1. The fraction of sp³-hybridized carbons (Fsp3) is 0.200. The number of aryl methyl sites for hydroxylation is 1. The van der Waals surface area contributed by atoms with E-state index in [0.29, 0.717) is 5.02 Å². The van der Waals surface area contributed by atoms with E-state index in [0.717, 1.165) is 22.4 Å². The van der Waals surface area contributed by atoms with Gasteiger partial charge in [-0.05, 0) is 30.7 Å². The van der Waals surface area contributed by atoms with Crippen LogP contribution in [0.2, 0.25) is 5.02 Å². The standard InChI is InChI=1S/C15H13BrClFO/c1-9-3-6-14(19-2)12(7-9)15(16)11-5-4-10(18)8-13(11)17/h3-8,15H,1-2H3. The van der Waals surface area contributed by atoms with Crippen molar-refractivity contribution in [3.8, 4) is 5.75 Å². The van der Waals surface area contributed by atoms with Crippen LogP contribution in [-0.4, -0.2) is 7.11 Å². The molecular weight excluding hydrogens is 331 g/mol. The van der Waals surface area contributed by atoms with Crippen molar-refractivity contribution in [3.05, 3.63) is 63.9 Å². The maximum atomic E-state index is 13.1. The van der Waals surface area contributed by atoms with Crippen LogP contribution in [0.15, 0.2) is 36.4 Å². The number of alkyl halides is 1. The van der Waals surface area contributed by atoms with Crippen molar-refractivity contribution in [1.29, 1.82) is 0 Å². The third kappa shape index (κ3) is 3.10. The van der Waals surface area contributed by atoms with E-state index in [2.05, 4.69) is 15.9 Å². The Kier molecular flexibility index (Phi) is 4.48. The van der Waals surface area contributed by atoms with Crippen LogP contribution in [0.25, 0.3) is 0 Å². The minimum atomic E-state index is -0.343. The topological polar surface area (TPSA) is 9.23 Å². The highest BCUT2D eigenvalue weighted by atomic mass is 79.9. The van der Waals surface area contributed by atoms with E-state index in [1.54, 1.807) is 13.2 Å². The average Bonchev–Trinajstić information content (AvgIpc) is 2.38. The third-order valence-corrected chi connectivity index (χ3v) is 4.21. The van der Waals surface area contributed by atoms with Crippen LogP contribution < -0.4 is 4.74 Å². The van der Waals surface area contributed by atoms with Gasteiger partial charge in [0.25, 0.3) is 0 Å². The van der Waals surface area contributed by atoms with Crippen molar-refractivity contribution in [3.63, 3.8) is 0 Å². The van der Waals surface area contributed by atoms with Gasteiger partial charge in [-0.3, -0.25) is 0 Å². The van der Waals surface area contributed by atoms with Gasteiger partial charge in [0.1, 0.15) is 11.6 Å². The second kappa shape index (κ2) is 5.93. The lowest BCUT2D eigenvalue weighted by Crippen LogP contribution is -1.99. The number of benzene rings is 2. The summed E-state index contributed by atoms with van der Waals surface area (Å²) in [6, 6.07) is 10.3. The highest BCUT2D eigenvalue weighted by Gasteiger charge is 2.18. The summed E-state index contributed by atoms with van der Waals surface area (Å²) in [5.41, 5.74) is 2.90. The molecule has 0 radical (unpaired) electrons. The maximum Gasteiger partial charge on any atom is 0.124 e. The Morgan fingerprint density at radius 1 is 1.16 bits per heavy atom. The third-order valence-electron chi connectivity index (χ3n) is 2.89. The summed E-state index contributed by atoms with van der Waals surface area (Å²) in [5.74, 6) is 0.428. The predicted octanol–water partition coefficient (Wildman–Crippen LogP) is 5.28. The van der Waals surface area contributed by atoms with E-state index >= 15 is 0 Å². The molecule has 19 heavy (non-hydrogen) atoms. The largest absolute Gasteiger partial charge is 0.496 e. The molecule has 0 saturated carbocycles. The van der Waals surface area contributed by atoms with Crippen LogP contribution in [-0.2, 0) is 0 Å². The lowest BCUT2D eigenvalue weighted by atomic mass is 10.0. The summed E-state index contributed by atoms with van der Waals surface area (Å²) in [7, 11) is 1.63. The average molecular weight is 344 g/mol. The second-order valence-corrected chi connectivity index (χ2v) is 5.60. The lowest BCUT2D eigenvalue weighted by Gasteiger charge is -2.16. The van der Waals surface area contributed by atoms with E-state index in [1.165, 1.54) is 12.1 Å². The van der Waals surface area contributed by atoms with E-state index in [9.17, 15) is 4.39 Å². The van der Waals surface area contributed by atoms with Gasteiger partial charge < -0.3 is 4.74 Å². The molecule has 0 aromatic heterocycles. The fourth-order valence-electron chi connectivity index (χ4n) is 1.93. The fourth-order valence-corrected chi connectivity index (χ4v) is 3.09. The number of halogens is 3. The van der Waals surface area contributed by atoms with Gasteiger partial charge in [-0.2, -0.15) is 0 Å². The molecule has 0 aliphatic rings. The predicted molar refractivity (Wildman–Crippen MR) is 79.9 cm³/mol. The molecule has 0 N–H and O–H groups in total. The molecule has 0 spiro atoms. The maximum absolute atomic E-state index is 13.1. The molecule has 4 heteroatoms. The van der Waals surface area contributed by atoms with Crippen LogP contribution in [0.1, 0.15) is 21.5 Å². The first kappa shape index (κ1) is 14.4. The van der Waals surface area contributed by atoms with Gasteiger partial charge >= 0.3 is 0 Å². The van der Waals surface area contributed by atoms with Crippen LogP contribution in [0.3, 0.4) is 0 Å². The molecular formula is C15H13BrClFO. The summed E-state index contributed by atoms with van der Waals surface area (Å²) in [6.45, 7) is 2.01. The molecule has 100 valence electrons. The van der Waals surface area contributed by atoms with Crippen LogP contribution in [0.5, 0.6) is 5.75 Å². The van der Waals surface area contributed by atoms with E-state index in [4.69, 9.17) is 16.3 Å². The number of rotatable bonds is 3. The molecule has 0 fully saturated rings. The number of hydrogen-bond acceptors (Lipinski definition) is 1. The van der Waals surface area contributed by atoms with E-state index in [-0.39, 0.29) is 10.6 Å². The van der Waals surface area contributed by atoms with Crippen molar-refractivity contribution in [1.82, 2.24) is 0 Å². The Hall–Kier alpha value is -1.06. The molecule has 2 rings (SSSR count). The van der Waals surface area contributed by atoms with Crippen molar-refractivity contribution >= 4 is 27.5 Å². The van der Waals surface area contributed by atoms with Gasteiger partial charge in [0.2, 0.25) is 0 Å².